The Labute approximate surface area is 111 Å². The average molecular weight is 260 g/mol. The van der Waals surface area contributed by atoms with E-state index < -0.39 is 0 Å². The molecular formula is C13H16N4O2. The average Bonchev–Trinajstić information content (AvgIpc) is 2.96. The molecule has 2 aromatic rings. The van der Waals surface area contributed by atoms with Gasteiger partial charge in [-0.05, 0) is 38.1 Å². The van der Waals surface area contributed by atoms with E-state index in [2.05, 4.69) is 20.4 Å². The Hall–Kier alpha value is -1.79. The predicted molar refractivity (Wildman–Crippen MR) is 68.2 cm³/mol. The second kappa shape index (κ2) is 5.90. The minimum Gasteiger partial charge on any atom is -0.368 e. The lowest BCUT2D eigenvalue weighted by Gasteiger charge is -2.21. The van der Waals surface area contributed by atoms with Gasteiger partial charge < -0.3 is 14.6 Å². The molecule has 1 saturated heterocycles. The molecule has 1 aliphatic heterocycles. The molecule has 0 saturated carbocycles. The number of piperidine rings is 1. The maximum Gasteiger partial charge on any atom is 0.252 e. The molecule has 100 valence electrons. The Balaban J connectivity index is 1.59. The van der Waals surface area contributed by atoms with E-state index in [1.807, 2.05) is 12.1 Å². The second-order valence-corrected chi connectivity index (χ2v) is 4.51. The van der Waals surface area contributed by atoms with Crippen LogP contribution in [0.5, 0.6) is 0 Å². The van der Waals surface area contributed by atoms with Gasteiger partial charge in [0.15, 0.2) is 0 Å². The summed E-state index contributed by atoms with van der Waals surface area (Å²) in [5, 5.41) is 7.23. The molecule has 3 heterocycles. The fourth-order valence-electron chi connectivity index (χ4n) is 2.08. The zero-order valence-electron chi connectivity index (χ0n) is 10.6. The van der Waals surface area contributed by atoms with E-state index in [9.17, 15) is 0 Å². The van der Waals surface area contributed by atoms with Gasteiger partial charge in [-0.1, -0.05) is 5.16 Å². The van der Waals surface area contributed by atoms with Crippen molar-refractivity contribution in [2.75, 3.05) is 13.1 Å². The van der Waals surface area contributed by atoms with Crippen molar-refractivity contribution >= 4 is 0 Å². The Morgan fingerprint density at radius 3 is 3.05 bits per heavy atom. The van der Waals surface area contributed by atoms with Crippen LogP contribution in [-0.2, 0) is 11.3 Å². The standard InChI is InChI=1S/C13H16N4O2/c1-2-10(8-15-5-1)13-16-12(19-17-13)9-18-11-3-6-14-7-4-11/h1-2,5,8,11,14H,3-4,6-7,9H2. The van der Waals surface area contributed by atoms with Crippen LogP contribution in [0.25, 0.3) is 11.4 Å². The molecule has 6 nitrogen and oxygen atoms in total. The first kappa shape index (κ1) is 12.3. The first-order valence-corrected chi connectivity index (χ1v) is 6.47. The third kappa shape index (κ3) is 3.15. The molecule has 0 bridgehead atoms. The fourth-order valence-corrected chi connectivity index (χ4v) is 2.08. The molecule has 3 rings (SSSR count). The normalized spacial score (nSPS) is 16.6. The molecule has 1 N–H and O–H groups in total. The van der Waals surface area contributed by atoms with Crippen molar-refractivity contribution in [2.24, 2.45) is 0 Å². The molecule has 0 aliphatic carbocycles. The quantitative estimate of drug-likeness (QED) is 0.895. The van der Waals surface area contributed by atoms with Crippen molar-refractivity contribution in [1.29, 1.82) is 0 Å². The van der Waals surface area contributed by atoms with E-state index in [1.165, 1.54) is 0 Å². The molecule has 0 spiro atoms. The summed E-state index contributed by atoms with van der Waals surface area (Å²) in [5.41, 5.74) is 0.847. The number of hydrogen-bond donors (Lipinski definition) is 1. The van der Waals surface area contributed by atoms with Crippen LogP contribution < -0.4 is 5.32 Å². The van der Waals surface area contributed by atoms with E-state index in [-0.39, 0.29) is 6.10 Å². The van der Waals surface area contributed by atoms with Crippen LogP contribution in [-0.4, -0.2) is 34.3 Å². The Morgan fingerprint density at radius 1 is 1.37 bits per heavy atom. The summed E-state index contributed by atoms with van der Waals surface area (Å²) >= 11 is 0. The zero-order valence-corrected chi connectivity index (χ0v) is 10.6. The van der Waals surface area contributed by atoms with E-state index in [4.69, 9.17) is 9.26 Å². The smallest absolute Gasteiger partial charge is 0.252 e. The molecule has 1 aliphatic rings. The second-order valence-electron chi connectivity index (χ2n) is 4.51. The summed E-state index contributed by atoms with van der Waals surface area (Å²) in [4.78, 5) is 8.34. The van der Waals surface area contributed by atoms with Crippen molar-refractivity contribution in [3.63, 3.8) is 0 Å². The Kier molecular flexibility index (Phi) is 3.81. The van der Waals surface area contributed by atoms with Crippen LogP contribution in [0.4, 0.5) is 0 Å². The van der Waals surface area contributed by atoms with Crippen LogP contribution in [0.3, 0.4) is 0 Å². The molecule has 0 aromatic carbocycles. The summed E-state index contributed by atoms with van der Waals surface area (Å²) in [6, 6.07) is 3.74. The van der Waals surface area contributed by atoms with Gasteiger partial charge in [-0.3, -0.25) is 4.98 Å². The number of rotatable bonds is 4. The maximum atomic E-state index is 5.77. The third-order valence-electron chi connectivity index (χ3n) is 3.12. The van der Waals surface area contributed by atoms with Crippen molar-refractivity contribution in [3.05, 3.63) is 30.4 Å². The number of nitrogens with one attached hydrogen (secondary N) is 1. The van der Waals surface area contributed by atoms with E-state index in [1.54, 1.807) is 12.4 Å². The first-order valence-electron chi connectivity index (χ1n) is 6.47. The lowest BCUT2D eigenvalue weighted by molar-refractivity contribution is 0.00859. The number of nitrogens with zero attached hydrogens (tertiary/aromatic N) is 3. The molecular weight excluding hydrogens is 244 g/mol. The van der Waals surface area contributed by atoms with Crippen LogP contribution >= 0.6 is 0 Å². The van der Waals surface area contributed by atoms with Gasteiger partial charge in [-0.2, -0.15) is 4.98 Å². The Bertz CT molecular complexity index is 508. The number of pyridine rings is 1. The number of hydrogen-bond acceptors (Lipinski definition) is 6. The summed E-state index contributed by atoms with van der Waals surface area (Å²) in [6.45, 7) is 2.39. The molecule has 0 atom stereocenters. The van der Waals surface area contributed by atoms with Gasteiger partial charge in [-0.25, -0.2) is 0 Å². The van der Waals surface area contributed by atoms with Gasteiger partial charge in [0.2, 0.25) is 5.82 Å². The molecule has 2 aromatic heterocycles. The molecule has 1 fully saturated rings. The van der Waals surface area contributed by atoms with Gasteiger partial charge in [-0.15, -0.1) is 0 Å². The zero-order chi connectivity index (χ0) is 12.9. The largest absolute Gasteiger partial charge is 0.368 e. The lowest BCUT2D eigenvalue weighted by atomic mass is 10.1. The lowest BCUT2D eigenvalue weighted by Crippen LogP contribution is -2.32. The predicted octanol–water partition coefficient (Wildman–Crippen LogP) is 1.40. The van der Waals surface area contributed by atoms with Crippen molar-refractivity contribution < 1.29 is 9.26 Å². The summed E-state index contributed by atoms with van der Waals surface area (Å²) in [6.07, 6.45) is 5.77. The summed E-state index contributed by atoms with van der Waals surface area (Å²) in [7, 11) is 0. The van der Waals surface area contributed by atoms with Gasteiger partial charge >= 0.3 is 0 Å². The highest BCUT2D eigenvalue weighted by Gasteiger charge is 2.15. The van der Waals surface area contributed by atoms with Gasteiger partial charge in [0, 0.05) is 18.0 Å². The molecule has 19 heavy (non-hydrogen) atoms. The number of aromatic nitrogens is 3. The SMILES string of the molecule is c1cncc(-c2noc(COC3CCNCC3)n2)c1. The maximum absolute atomic E-state index is 5.77. The van der Waals surface area contributed by atoms with Crippen LogP contribution in [0, 0.1) is 0 Å². The third-order valence-corrected chi connectivity index (χ3v) is 3.12. The van der Waals surface area contributed by atoms with E-state index in [0.717, 1.165) is 31.5 Å². The summed E-state index contributed by atoms with van der Waals surface area (Å²) in [5.74, 6) is 1.06. The fraction of sp³-hybridized carbons (Fsp3) is 0.462. The molecule has 0 radical (unpaired) electrons. The van der Waals surface area contributed by atoms with Crippen molar-refractivity contribution in [1.82, 2.24) is 20.4 Å². The van der Waals surface area contributed by atoms with Gasteiger partial charge in [0.05, 0.1) is 6.10 Å². The molecule has 0 unspecified atom stereocenters. The van der Waals surface area contributed by atoms with Gasteiger partial charge in [0.1, 0.15) is 6.61 Å². The summed E-state index contributed by atoms with van der Waals surface area (Å²) < 4.78 is 10.9. The van der Waals surface area contributed by atoms with Crippen LogP contribution in [0.15, 0.2) is 29.0 Å². The van der Waals surface area contributed by atoms with E-state index >= 15 is 0 Å². The highest BCUT2D eigenvalue weighted by molar-refractivity contribution is 5.51. The minimum atomic E-state index is 0.287. The molecule has 6 heteroatoms. The van der Waals surface area contributed by atoms with Crippen LogP contribution in [0.2, 0.25) is 0 Å². The minimum absolute atomic E-state index is 0.287. The Morgan fingerprint density at radius 2 is 2.26 bits per heavy atom. The topological polar surface area (TPSA) is 73.1 Å². The highest BCUT2D eigenvalue weighted by atomic mass is 16.5. The van der Waals surface area contributed by atoms with Crippen LogP contribution in [0.1, 0.15) is 18.7 Å². The van der Waals surface area contributed by atoms with Crippen molar-refractivity contribution in [3.8, 4) is 11.4 Å². The van der Waals surface area contributed by atoms with Gasteiger partial charge in [0.25, 0.3) is 5.89 Å². The van der Waals surface area contributed by atoms with E-state index in [0.29, 0.717) is 18.3 Å². The first-order chi connectivity index (χ1) is 9.42. The monoisotopic (exact) mass is 260 g/mol. The van der Waals surface area contributed by atoms with Crippen molar-refractivity contribution in [2.45, 2.75) is 25.6 Å². The highest BCUT2D eigenvalue weighted by Crippen LogP contribution is 2.15. The molecule has 0 amide bonds. The number of ether oxygens (including phenoxy) is 1.